The molecule has 1 rings (SSSR count). The molecule has 0 saturated heterocycles. The Hall–Kier alpha value is -0.690. The van der Waals surface area contributed by atoms with E-state index in [1.807, 2.05) is 0 Å². The highest BCUT2D eigenvalue weighted by atomic mass is 35.5. The lowest BCUT2D eigenvalue weighted by atomic mass is 10.2. The molecule has 0 bridgehead atoms. The number of rotatable bonds is 6. The van der Waals surface area contributed by atoms with Gasteiger partial charge in [0.05, 0.1) is 6.61 Å². The molecular weight excluding hydrogens is 281 g/mol. The lowest BCUT2D eigenvalue weighted by Gasteiger charge is -2.17. The highest BCUT2D eigenvalue weighted by Crippen LogP contribution is 2.20. The Bertz CT molecular complexity index is 507. The van der Waals surface area contributed by atoms with Crippen LogP contribution in [0.15, 0.2) is 23.1 Å². The molecule has 0 N–H and O–H groups in total. The Balaban J connectivity index is 3.11. The fraction of sp³-hybridized carbons (Fsp3) is 0.455. The van der Waals surface area contributed by atoms with Crippen molar-refractivity contribution in [1.82, 2.24) is 4.31 Å². The van der Waals surface area contributed by atoms with Crippen molar-refractivity contribution in [2.75, 3.05) is 27.3 Å². The number of ether oxygens (including phenoxy) is 1. The van der Waals surface area contributed by atoms with Gasteiger partial charge in [-0.05, 0) is 17.7 Å². The number of sulfonamides is 1. The molecule has 0 radical (unpaired) electrons. The monoisotopic (exact) mass is 295 g/mol. The van der Waals surface area contributed by atoms with Crippen molar-refractivity contribution in [2.24, 2.45) is 0 Å². The predicted molar refractivity (Wildman–Crippen MR) is 67.6 cm³/mol. The molecule has 0 amide bonds. The molecule has 0 aromatic heterocycles. The first kappa shape index (κ1) is 15.4. The van der Waals surface area contributed by atoms with E-state index in [1.54, 1.807) is 0 Å². The summed E-state index contributed by atoms with van der Waals surface area (Å²) in [5.74, 6) is -0.655. The van der Waals surface area contributed by atoms with E-state index in [0.29, 0.717) is 5.56 Å². The van der Waals surface area contributed by atoms with Crippen LogP contribution < -0.4 is 0 Å². The number of nitrogens with zero attached hydrogens (tertiary/aromatic N) is 1. The molecule has 0 unspecified atom stereocenters. The number of hydrogen-bond donors (Lipinski definition) is 0. The van der Waals surface area contributed by atoms with Gasteiger partial charge < -0.3 is 4.74 Å². The topological polar surface area (TPSA) is 46.6 Å². The van der Waals surface area contributed by atoms with Crippen molar-refractivity contribution >= 4 is 21.6 Å². The largest absolute Gasteiger partial charge is 0.383 e. The van der Waals surface area contributed by atoms with E-state index in [-0.39, 0.29) is 23.9 Å². The molecule has 7 heteroatoms. The molecule has 4 nitrogen and oxygen atoms in total. The zero-order valence-electron chi connectivity index (χ0n) is 10.2. The first-order valence-corrected chi connectivity index (χ1v) is 7.20. The molecule has 1 aromatic carbocycles. The summed E-state index contributed by atoms with van der Waals surface area (Å²) in [6, 6.07) is 3.81. The molecule has 102 valence electrons. The van der Waals surface area contributed by atoms with Crippen molar-refractivity contribution < 1.29 is 17.5 Å². The van der Waals surface area contributed by atoms with E-state index in [2.05, 4.69) is 0 Å². The van der Waals surface area contributed by atoms with Crippen LogP contribution in [-0.2, 0) is 20.6 Å². The van der Waals surface area contributed by atoms with Crippen LogP contribution in [0.4, 0.5) is 4.39 Å². The van der Waals surface area contributed by atoms with E-state index in [4.69, 9.17) is 16.3 Å². The molecule has 18 heavy (non-hydrogen) atoms. The normalized spacial score (nSPS) is 12.1. The standard InChI is InChI=1S/C11H15ClFNO3S/c1-14(5-6-17-2)18(15,16)11-7-9(8-12)3-4-10(11)13/h3-4,7H,5-6,8H2,1-2H3. The van der Waals surface area contributed by atoms with Crippen LogP contribution in [0, 0.1) is 5.82 Å². The van der Waals surface area contributed by atoms with Gasteiger partial charge in [0.25, 0.3) is 0 Å². The molecule has 0 heterocycles. The summed E-state index contributed by atoms with van der Waals surface area (Å²) in [5.41, 5.74) is 0.553. The number of likely N-dealkylation sites (N-methyl/N-ethyl adjacent to an activating group) is 1. The van der Waals surface area contributed by atoms with Crippen LogP contribution in [0.5, 0.6) is 0 Å². The Kier molecular flexibility index (Phi) is 5.52. The summed E-state index contributed by atoms with van der Waals surface area (Å²) < 4.78 is 43.7. The van der Waals surface area contributed by atoms with Gasteiger partial charge in [-0.25, -0.2) is 12.8 Å². The highest BCUT2D eigenvalue weighted by molar-refractivity contribution is 7.89. The molecule has 0 fully saturated rings. The van der Waals surface area contributed by atoms with Gasteiger partial charge in [0.15, 0.2) is 0 Å². The second-order valence-corrected chi connectivity index (χ2v) is 6.00. The van der Waals surface area contributed by atoms with Crippen molar-refractivity contribution in [1.29, 1.82) is 0 Å². The molecular formula is C11H15ClFNO3S. The van der Waals surface area contributed by atoms with E-state index in [0.717, 1.165) is 10.4 Å². The van der Waals surface area contributed by atoms with Gasteiger partial charge in [0, 0.05) is 26.6 Å². The van der Waals surface area contributed by atoms with Gasteiger partial charge in [-0.1, -0.05) is 6.07 Å². The summed E-state index contributed by atoms with van der Waals surface area (Å²) in [5, 5.41) is 0. The van der Waals surface area contributed by atoms with Crippen LogP contribution in [-0.4, -0.2) is 40.0 Å². The van der Waals surface area contributed by atoms with Crippen molar-refractivity contribution in [3.8, 4) is 0 Å². The lowest BCUT2D eigenvalue weighted by molar-refractivity contribution is 0.185. The number of halogens is 2. The first-order chi connectivity index (χ1) is 8.43. The average molecular weight is 296 g/mol. The molecule has 0 aliphatic rings. The average Bonchev–Trinajstić information content (AvgIpc) is 2.36. The molecule has 0 spiro atoms. The van der Waals surface area contributed by atoms with Crippen LogP contribution >= 0.6 is 11.6 Å². The number of hydrogen-bond acceptors (Lipinski definition) is 3. The van der Waals surface area contributed by atoms with Crippen LogP contribution in [0.25, 0.3) is 0 Å². The van der Waals surface area contributed by atoms with E-state index in [9.17, 15) is 12.8 Å². The summed E-state index contributed by atoms with van der Waals surface area (Å²) in [4.78, 5) is -0.362. The summed E-state index contributed by atoms with van der Waals surface area (Å²) >= 11 is 5.61. The lowest BCUT2D eigenvalue weighted by Crippen LogP contribution is -2.30. The first-order valence-electron chi connectivity index (χ1n) is 5.23. The minimum atomic E-state index is -3.85. The van der Waals surface area contributed by atoms with Gasteiger partial charge in [-0.2, -0.15) is 4.31 Å². The van der Waals surface area contributed by atoms with Gasteiger partial charge in [0.2, 0.25) is 10.0 Å². The third kappa shape index (κ3) is 3.41. The smallest absolute Gasteiger partial charge is 0.245 e. The predicted octanol–water partition coefficient (Wildman–Crippen LogP) is 1.83. The van der Waals surface area contributed by atoms with Gasteiger partial charge in [-0.15, -0.1) is 11.6 Å². The highest BCUT2D eigenvalue weighted by Gasteiger charge is 2.24. The fourth-order valence-corrected chi connectivity index (χ4v) is 2.77. The maximum Gasteiger partial charge on any atom is 0.245 e. The summed E-state index contributed by atoms with van der Waals surface area (Å²) in [6.07, 6.45) is 0. The zero-order chi connectivity index (χ0) is 13.8. The maximum atomic E-state index is 13.6. The van der Waals surface area contributed by atoms with Gasteiger partial charge in [-0.3, -0.25) is 0 Å². The number of alkyl halides is 1. The molecule has 0 aliphatic carbocycles. The Morgan fingerprint density at radius 3 is 2.67 bits per heavy atom. The summed E-state index contributed by atoms with van der Waals surface area (Å²) in [6.45, 7) is 0.399. The third-order valence-corrected chi connectivity index (χ3v) is 4.63. The van der Waals surface area contributed by atoms with Crippen molar-refractivity contribution in [3.05, 3.63) is 29.6 Å². The van der Waals surface area contributed by atoms with E-state index < -0.39 is 15.8 Å². The quantitative estimate of drug-likeness (QED) is 0.752. The van der Waals surface area contributed by atoms with Crippen molar-refractivity contribution in [2.45, 2.75) is 10.8 Å². The van der Waals surface area contributed by atoms with Gasteiger partial charge >= 0.3 is 0 Å². The Labute approximate surface area is 111 Å². The van der Waals surface area contributed by atoms with Crippen LogP contribution in [0.2, 0.25) is 0 Å². The fourth-order valence-electron chi connectivity index (χ4n) is 1.34. The molecule has 0 atom stereocenters. The number of methoxy groups -OCH3 is 1. The summed E-state index contributed by atoms with van der Waals surface area (Å²) in [7, 11) is -1.01. The van der Waals surface area contributed by atoms with E-state index >= 15 is 0 Å². The molecule has 0 saturated carbocycles. The minimum Gasteiger partial charge on any atom is -0.383 e. The minimum absolute atomic E-state index is 0.130. The third-order valence-electron chi connectivity index (χ3n) is 2.45. The Morgan fingerprint density at radius 1 is 1.44 bits per heavy atom. The second kappa shape index (κ2) is 6.47. The molecule has 1 aromatic rings. The Morgan fingerprint density at radius 2 is 2.11 bits per heavy atom. The van der Waals surface area contributed by atoms with E-state index in [1.165, 1.54) is 26.3 Å². The number of benzene rings is 1. The van der Waals surface area contributed by atoms with Gasteiger partial charge in [0.1, 0.15) is 10.7 Å². The molecule has 0 aliphatic heterocycles. The zero-order valence-corrected chi connectivity index (χ0v) is 11.8. The maximum absolute atomic E-state index is 13.6. The van der Waals surface area contributed by atoms with Crippen LogP contribution in [0.3, 0.4) is 0 Å². The second-order valence-electron chi connectivity index (χ2n) is 3.72. The SMILES string of the molecule is COCCN(C)S(=O)(=O)c1cc(CCl)ccc1F. The van der Waals surface area contributed by atoms with Crippen LogP contribution in [0.1, 0.15) is 5.56 Å². The van der Waals surface area contributed by atoms with Crippen molar-refractivity contribution in [3.63, 3.8) is 0 Å².